The molecule has 18 heavy (non-hydrogen) atoms. The Labute approximate surface area is 104 Å². The second-order valence-electron chi connectivity index (χ2n) is 5.22. The van der Waals surface area contributed by atoms with Gasteiger partial charge < -0.3 is 0 Å². The molecular weight excluding hydrogens is 228 g/mol. The van der Waals surface area contributed by atoms with E-state index in [2.05, 4.69) is 17.1 Å². The van der Waals surface area contributed by atoms with Gasteiger partial charge in [0.2, 0.25) is 11.8 Å². The molecule has 0 N–H and O–H groups in total. The summed E-state index contributed by atoms with van der Waals surface area (Å²) >= 11 is 0. The molecule has 1 saturated carbocycles. The van der Waals surface area contributed by atoms with Crippen molar-refractivity contribution in [2.75, 3.05) is 4.90 Å². The summed E-state index contributed by atoms with van der Waals surface area (Å²) in [6.45, 7) is 0. The number of carbonyl (C=O) groups excluding carboxylic acids is 2. The molecule has 1 aliphatic heterocycles. The lowest BCUT2D eigenvalue weighted by Crippen LogP contribution is -2.32. The van der Waals surface area contributed by atoms with E-state index in [0.29, 0.717) is 5.69 Å². The standard InChI is InChI=1S/C14H12N2O2/c17-13-11-8-1-2-9(7-8)12(11)14(18)16(13)10-3-5-15-6-4-10/h1-6,8-9,11-12H,7H2/t8-,9-,11-,12+/m0/s1. The molecule has 2 heterocycles. The van der Waals surface area contributed by atoms with E-state index in [-0.39, 0.29) is 35.5 Å². The van der Waals surface area contributed by atoms with E-state index in [9.17, 15) is 9.59 Å². The van der Waals surface area contributed by atoms with Crippen molar-refractivity contribution in [1.29, 1.82) is 0 Å². The fourth-order valence-corrected chi connectivity index (χ4v) is 3.65. The summed E-state index contributed by atoms with van der Waals surface area (Å²) in [7, 11) is 0. The van der Waals surface area contributed by atoms with Gasteiger partial charge in [-0.2, -0.15) is 0 Å². The number of nitrogens with zero attached hydrogens (tertiary/aromatic N) is 2. The molecular formula is C14H12N2O2. The number of aromatic nitrogens is 1. The van der Waals surface area contributed by atoms with E-state index >= 15 is 0 Å². The van der Waals surface area contributed by atoms with Crippen LogP contribution < -0.4 is 4.90 Å². The van der Waals surface area contributed by atoms with Crippen LogP contribution in [0.5, 0.6) is 0 Å². The summed E-state index contributed by atoms with van der Waals surface area (Å²) in [6.07, 6.45) is 8.39. The van der Waals surface area contributed by atoms with Gasteiger partial charge in [-0.05, 0) is 30.4 Å². The minimum absolute atomic E-state index is 0.0342. The van der Waals surface area contributed by atoms with E-state index in [0.717, 1.165) is 6.42 Å². The lowest BCUT2D eigenvalue weighted by molar-refractivity contribution is -0.123. The SMILES string of the molecule is O=C1[C@@H]2[C@H](C(=O)N1c1ccncc1)[C@H]1C=C[C@H]2C1. The van der Waals surface area contributed by atoms with Crippen LogP contribution in [-0.2, 0) is 9.59 Å². The van der Waals surface area contributed by atoms with Crippen molar-refractivity contribution < 1.29 is 9.59 Å². The summed E-state index contributed by atoms with van der Waals surface area (Å²) in [5.74, 6) is 0.217. The number of rotatable bonds is 1. The van der Waals surface area contributed by atoms with Crippen LogP contribution in [0.25, 0.3) is 0 Å². The van der Waals surface area contributed by atoms with E-state index < -0.39 is 0 Å². The minimum Gasteiger partial charge on any atom is -0.274 e. The molecule has 2 aliphatic carbocycles. The zero-order chi connectivity index (χ0) is 12.3. The monoisotopic (exact) mass is 240 g/mol. The van der Waals surface area contributed by atoms with Gasteiger partial charge in [-0.3, -0.25) is 14.6 Å². The van der Waals surface area contributed by atoms with Gasteiger partial charge in [0.1, 0.15) is 0 Å². The molecule has 3 aliphatic rings. The topological polar surface area (TPSA) is 50.3 Å². The molecule has 4 atom stereocenters. The number of carbonyl (C=O) groups is 2. The molecule has 90 valence electrons. The van der Waals surface area contributed by atoms with E-state index in [1.54, 1.807) is 24.5 Å². The van der Waals surface area contributed by atoms with Gasteiger partial charge in [0.25, 0.3) is 0 Å². The molecule has 0 spiro atoms. The Morgan fingerprint density at radius 1 is 1.00 bits per heavy atom. The van der Waals surface area contributed by atoms with Gasteiger partial charge in [0.15, 0.2) is 0 Å². The van der Waals surface area contributed by atoms with Crippen molar-refractivity contribution in [2.45, 2.75) is 6.42 Å². The fraction of sp³-hybridized carbons (Fsp3) is 0.357. The van der Waals surface area contributed by atoms with Crippen LogP contribution in [0, 0.1) is 23.7 Å². The molecule has 0 unspecified atom stereocenters. The Hall–Kier alpha value is -1.97. The molecule has 2 fully saturated rings. The Balaban J connectivity index is 1.77. The molecule has 1 aromatic heterocycles. The Bertz CT molecular complexity index is 536. The van der Waals surface area contributed by atoms with Gasteiger partial charge in [-0.15, -0.1) is 0 Å². The third-order valence-corrected chi connectivity index (χ3v) is 4.39. The average molecular weight is 240 g/mol. The zero-order valence-corrected chi connectivity index (χ0v) is 9.69. The largest absolute Gasteiger partial charge is 0.274 e. The third kappa shape index (κ3) is 1.08. The number of imide groups is 1. The maximum absolute atomic E-state index is 12.4. The number of pyridine rings is 1. The third-order valence-electron chi connectivity index (χ3n) is 4.39. The maximum Gasteiger partial charge on any atom is 0.238 e. The Morgan fingerprint density at radius 3 is 2.11 bits per heavy atom. The normalized spacial score (nSPS) is 36.6. The second kappa shape index (κ2) is 3.28. The summed E-state index contributed by atoms with van der Waals surface area (Å²) in [5.41, 5.74) is 0.647. The first-order chi connectivity index (χ1) is 8.77. The van der Waals surface area contributed by atoms with Gasteiger partial charge >= 0.3 is 0 Å². The molecule has 4 heteroatoms. The van der Waals surface area contributed by atoms with E-state index in [1.165, 1.54) is 4.90 Å². The van der Waals surface area contributed by atoms with Gasteiger partial charge in [0, 0.05) is 12.4 Å². The van der Waals surface area contributed by atoms with Crippen molar-refractivity contribution in [1.82, 2.24) is 4.98 Å². The lowest BCUT2D eigenvalue weighted by Gasteiger charge is -2.16. The van der Waals surface area contributed by atoms with Crippen molar-refractivity contribution in [2.24, 2.45) is 23.7 Å². The van der Waals surface area contributed by atoms with Crippen LogP contribution in [0.15, 0.2) is 36.7 Å². The Morgan fingerprint density at radius 2 is 1.56 bits per heavy atom. The highest BCUT2D eigenvalue weighted by molar-refractivity contribution is 6.22. The molecule has 0 aromatic carbocycles. The van der Waals surface area contributed by atoms with Gasteiger partial charge in [-0.25, -0.2) is 4.90 Å². The molecule has 2 amide bonds. The van der Waals surface area contributed by atoms with Gasteiger partial charge in [0.05, 0.1) is 17.5 Å². The smallest absolute Gasteiger partial charge is 0.238 e. The number of fused-ring (bicyclic) bond motifs is 5. The van der Waals surface area contributed by atoms with Crippen molar-refractivity contribution >= 4 is 17.5 Å². The predicted molar refractivity (Wildman–Crippen MR) is 64.4 cm³/mol. The van der Waals surface area contributed by atoms with Crippen LogP contribution in [0.1, 0.15) is 6.42 Å². The maximum atomic E-state index is 12.4. The van der Waals surface area contributed by atoms with Crippen LogP contribution in [0.2, 0.25) is 0 Å². The number of hydrogen-bond donors (Lipinski definition) is 0. The first-order valence-corrected chi connectivity index (χ1v) is 6.23. The Kier molecular flexibility index (Phi) is 1.82. The average Bonchev–Trinajstić information content (AvgIpc) is 3.05. The summed E-state index contributed by atoms with van der Waals surface area (Å²) < 4.78 is 0. The highest BCUT2D eigenvalue weighted by Crippen LogP contribution is 2.53. The molecule has 4 rings (SSSR count). The summed E-state index contributed by atoms with van der Waals surface area (Å²) in [6, 6.07) is 3.43. The van der Waals surface area contributed by atoms with Crippen molar-refractivity contribution in [3.8, 4) is 0 Å². The number of anilines is 1. The van der Waals surface area contributed by atoms with E-state index in [1.807, 2.05) is 0 Å². The van der Waals surface area contributed by atoms with Crippen LogP contribution in [0.4, 0.5) is 5.69 Å². The van der Waals surface area contributed by atoms with Crippen LogP contribution in [-0.4, -0.2) is 16.8 Å². The van der Waals surface area contributed by atoms with Gasteiger partial charge in [-0.1, -0.05) is 12.2 Å². The highest BCUT2D eigenvalue weighted by atomic mass is 16.2. The molecule has 2 bridgehead atoms. The number of amides is 2. The van der Waals surface area contributed by atoms with E-state index in [4.69, 9.17) is 0 Å². The molecule has 1 saturated heterocycles. The first-order valence-electron chi connectivity index (χ1n) is 6.23. The molecule has 1 aromatic rings. The summed E-state index contributed by atoms with van der Waals surface area (Å²) in [5, 5.41) is 0. The van der Waals surface area contributed by atoms with Crippen molar-refractivity contribution in [3.05, 3.63) is 36.7 Å². The molecule has 0 radical (unpaired) electrons. The summed E-state index contributed by atoms with van der Waals surface area (Å²) in [4.78, 5) is 30.1. The highest BCUT2D eigenvalue weighted by Gasteiger charge is 2.59. The quantitative estimate of drug-likeness (QED) is 0.550. The minimum atomic E-state index is -0.124. The number of hydrogen-bond acceptors (Lipinski definition) is 3. The zero-order valence-electron chi connectivity index (χ0n) is 9.69. The fourth-order valence-electron chi connectivity index (χ4n) is 3.65. The van der Waals surface area contributed by atoms with Crippen molar-refractivity contribution in [3.63, 3.8) is 0 Å². The molecule has 4 nitrogen and oxygen atoms in total. The van der Waals surface area contributed by atoms with Crippen LogP contribution >= 0.6 is 0 Å². The number of allylic oxidation sites excluding steroid dienone is 2. The lowest BCUT2D eigenvalue weighted by atomic mass is 9.85. The second-order valence-corrected chi connectivity index (χ2v) is 5.22. The van der Waals surface area contributed by atoms with Crippen LogP contribution in [0.3, 0.4) is 0 Å². The predicted octanol–water partition coefficient (Wildman–Crippen LogP) is 1.39. The first kappa shape index (κ1) is 10.00.